The molecule has 9 heteroatoms. The van der Waals surface area contributed by atoms with Crippen LogP contribution in [0.25, 0.3) is 0 Å². The Balaban J connectivity index is 0.00000338. The van der Waals surface area contributed by atoms with Gasteiger partial charge in [-0.25, -0.2) is 0 Å². The topological polar surface area (TPSA) is 42.9 Å². The van der Waals surface area contributed by atoms with Gasteiger partial charge >= 0.3 is 6.18 Å². The average molecular weight is 491 g/mol. The summed E-state index contributed by atoms with van der Waals surface area (Å²) in [5, 5.41) is 6.49. The van der Waals surface area contributed by atoms with E-state index < -0.39 is 12.7 Å². The van der Waals surface area contributed by atoms with Gasteiger partial charge in [-0.05, 0) is 40.0 Å². The minimum absolute atomic E-state index is 0. The molecule has 1 saturated carbocycles. The summed E-state index contributed by atoms with van der Waals surface area (Å²) in [6.07, 6.45) is -0.869. The number of rotatable bonds is 8. The van der Waals surface area contributed by atoms with E-state index in [9.17, 15) is 13.2 Å². The minimum Gasteiger partial charge on any atom is -0.357 e. The summed E-state index contributed by atoms with van der Waals surface area (Å²) in [5.41, 5.74) is 0. The number of hydrogen-bond donors (Lipinski definition) is 2. The molecule has 154 valence electrons. The Morgan fingerprint density at radius 2 is 1.96 bits per heavy atom. The minimum atomic E-state index is -4.13. The van der Waals surface area contributed by atoms with Crippen LogP contribution in [0.5, 0.6) is 0 Å². The first-order valence-electron chi connectivity index (χ1n) is 9.38. The molecule has 0 amide bonds. The zero-order chi connectivity index (χ0) is 18.4. The number of nitrogens with zero attached hydrogens (tertiary/aromatic N) is 3. The summed E-state index contributed by atoms with van der Waals surface area (Å²) < 4.78 is 37.5. The summed E-state index contributed by atoms with van der Waals surface area (Å²) in [4.78, 5) is 8.55. The van der Waals surface area contributed by atoms with Crippen LogP contribution < -0.4 is 10.6 Å². The number of halogens is 4. The van der Waals surface area contributed by atoms with Gasteiger partial charge in [-0.3, -0.25) is 14.8 Å². The van der Waals surface area contributed by atoms with E-state index in [0.29, 0.717) is 44.1 Å². The Morgan fingerprint density at radius 3 is 2.50 bits per heavy atom. The van der Waals surface area contributed by atoms with Gasteiger partial charge in [0.25, 0.3) is 0 Å². The van der Waals surface area contributed by atoms with Crippen LogP contribution >= 0.6 is 24.0 Å². The summed E-state index contributed by atoms with van der Waals surface area (Å²) in [6.45, 7) is 8.81. The highest BCUT2D eigenvalue weighted by Crippen LogP contribution is 2.28. The first-order valence-corrected chi connectivity index (χ1v) is 9.38. The van der Waals surface area contributed by atoms with E-state index in [0.717, 1.165) is 13.1 Å². The van der Waals surface area contributed by atoms with Crippen molar-refractivity contribution < 1.29 is 13.2 Å². The highest BCUT2D eigenvalue weighted by atomic mass is 127. The standard InChI is InChI=1S/C17H32F3N5.HI/c1-4-21-16(22-8-10-25(13(2)3)15-5-6-15)23-14-7-9-24(11-14)12-17(18,19)20;/h13-15H,4-12H2,1-3H3,(H2,21,22,23);1H. The maximum absolute atomic E-state index is 12.5. The van der Waals surface area contributed by atoms with Gasteiger partial charge in [0.2, 0.25) is 0 Å². The molecular formula is C17H33F3IN5. The van der Waals surface area contributed by atoms with Crippen LogP contribution in [-0.2, 0) is 0 Å². The number of aliphatic imine (C=N–C) groups is 1. The number of alkyl halides is 3. The highest BCUT2D eigenvalue weighted by Gasteiger charge is 2.34. The first kappa shape index (κ1) is 23.7. The van der Waals surface area contributed by atoms with E-state index in [1.165, 1.54) is 17.7 Å². The molecule has 0 spiro atoms. The molecule has 1 atom stereocenters. The molecule has 0 aromatic carbocycles. The van der Waals surface area contributed by atoms with Crippen molar-refractivity contribution in [2.24, 2.45) is 4.99 Å². The maximum atomic E-state index is 12.5. The fraction of sp³-hybridized carbons (Fsp3) is 0.941. The lowest BCUT2D eigenvalue weighted by Gasteiger charge is -2.25. The molecule has 2 N–H and O–H groups in total. The predicted octanol–water partition coefficient (Wildman–Crippen LogP) is 2.67. The molecule has 1 unspecified atom stereocenters. The molecule has 0 aromatic heterocycles. The van der Waals surface area contributed by atoms with E-state index in [2.05, 4.69) is 34.4 Å². The molecule has 26 heavy (non-hydrogen) atoms. The third kappa shape index (κ3) is 8.60. The third-order valence-corrected chi connectivity index (χ3v) is 4.67. The number of likely N-dealkylation sites (tertiary alicyclic amines) is 1. The summed E-state index contributed by atoms with van der Waals surface area (Å²) >= 11 is 0. The Bertz CT molecular complexity index is 439. The van der Waals surface area contributed by atoms with E-state index >= 15 is 0 Å². The molecule has 1 aliphatic carbocycles. The van der Waals surface area contributed by atoms with Gasteiger partial charge in [0.1, 0.15) is 0 Å². The van der Waals surface area contributed by atoms with Crippen molar-refractivity contribution >= 4 is 29.9 Å². The van der Waals surface area contributed by atoms with Gasteiger partial charge in [0.15, 0.2) is 5.96 Å². The quantitative estimate of drug-likeness (QED) is 0.312. The second-order valence-corrected chi connectivity index (χ2v) is 7.30. The van der Waals surface area contributed by atoms with Crippen LogP contribution in [0.3, 0.4) is 0 Å². The lowest BCUT2D eigenvalue weighted by atomic mass is 10.3. The van der Waals surface area contributed by atoms with Crippen molar-refractivity contribution in [1.82, 2.24) is 20.4 Å². The van der Waals surface area contributed by atoms with Gasteiger partial charge in [-0.15, -0.1) is 24.0 Å². The van der Waals surface area contributed by atoms with Crippen molar-refractivity contribution in [2.75, 3.05) is 39.3 Å². The maximum Gasteiger partial charge on any atom is 0.401 e. The molecule has 0 aromatic rings. The van der Waals surface area contributed by atoms with Crippen molar-refractivity contribution in [1.29, 1.82) is 0 Å². The van der Waals surface area contributed by atoms with Crippen LogP contribution in [0.1, 0.15) is 40.0 Å². The average Bonchev–Trinajstić information content (AvgIpc) is 3.23. The summed E-state index contributed by atoms with van der Waals surface area (Å²) in [5.74, 6) is 0.709. The first-order chi connectivity index (χ1) is 11.8. The molecular weight excluding hydrogens is 458 g/mol. The monoisotopic (exact) mass is 491 g/mol. The fourth-order valence-corrected chi connectivity index (χ4v) is 3.41. The molecule has 5 nitrogen and oxygen atoms in total. The molecule has 1 heterocycles. The normalized spacial score (nSPS) is 22.0. The second kappa shape index (κ2) is 10.9. The summed E-state index contributed by atoms with van der Waals surface area (Å²) in [7, 11) is 0. The molecule has 1 saturated heterocycles. The number of hydrogen-bond acceptors (Lipinski definition) is 3. The molecule has 0 radical (unpaired) electrons. The van der Waals surface area contributed by atoms with E-state index in [1.54, 1.807) is 0 Å². The Labute approximate surface area is 172 Å². The predicted molar refractivity (Wildman–Crippen MR) is 110 cm³/mol. The Morgan fingerprint density at radius 1 is 1.27 bits per heavy atom. The lowest BCUT2D eigenvalue weighted by molar-refractivity contribution is -0.143. The second-order valence-electron chi connectivity index (χ2n) is 7.30. The van der Waals surface area contributed by atoms with E-state index in [4.69, 9.17) is 0 Å². The van der Waals surface area contributed by atoms with Crippen molar-refractivity contribution in [3.8, 4) is 0 Å². The Kier molecular flexibility index (Phi) is 9.95. The highest BCUT2D eigenvalue weighted by molar-refractivity contribution is 14.0. The fourth-order valence-electron chi connectivity index (χ4n) is 3.41. The van der Waals surface area contributed by atoms with Crippen LogP contribution in [0.2, 0.25) is 0 Å². The lowest BCUT2D eigenvalue weighted by Crippen LogP contribution is -2.45. The molecule has 2 rings (SSSR count). The molecule has 0 bridgehead atoms. The van der Waals surface area contributed by atoms with Gasteiger partial charge in [-0.2, -0.15) is 13.2 Å². The van der Waals surface area contributed by atoms with Crippen LogP contribution in [-0.4, -0.2) is 79.3 Å². The van der Waals surface area contributed by atoms with Gasteiger partial charge in [0.05, 0.1) is 13.1 Å². The van der Waals surface area contributed by atoms with Crippen LogP contribution in [0, 0.1) is 0 Å². The smallest absolute Gasteiger partial charge is 0.357 e. The van der Waals surface area contributed by atoms with Gasteiger partial charge in [0, 0.05) is 44.3 Å². The van der Waals surface area contributed by atoms with Crippen molar-refractivity contribution in [2.45, 2.75) is 64.3 Å². The van der Waals surface area contributed by atoms with Gasteiger partial charge in [-0.1, -0.05) is 0 Å². The summed E-state index contributed by atoms with van der Waals surface area (Å²) in [6, 6.07) is 1.24. The zero-order valence-electron chi connectivity index (χ0n) is 16.0. The largest absolute Gasteiger partial charge is 0.401 e. The number of nitrogens with one attached hydrogen (secondary N) is 2. The van der Waals surface area contributed by atoms with Crippen LogP contribution in [0.15, 0.2) is 4.99 Å². The zero-order valence-corrected chi connectivity index (χ0v) is 18.3. The SMILES string of the molecule is CCNC(=NCCN(C(C)C)C1CC1)NC1CCN(CC(F)(F)F)C1.I. The third-order valence-electron chi connectivity index (χ3n) is 4.67. The van der Waals surface area contributed by atoms with Crippen LogP contribution in [0.4, 0.5) is 13.2 Å². The number of guanidine groups is 1. The Hall–Kier alpha value is -0.290. The van der Waals surface area contributed by atoms with E-state index in [-0.39, 0.29) is 30.0 Å². The molecule has 1 aliphatic heterocycles. The molecule has 2 aliphatic rings. The van der Waals surface area contributed by atoms with Crippen molar-refractivity contribution in [3.05, 3.63) is 0 Å². The molecule has 2 fully saturated rings. The van der Waals surface area contributed by atoms with E-state index in [1.807, 2.05) is 6.92 Å². The van der Waals surface area contributed by atoms with Gasteiger partial charge < -0.3 is 10.6 Å². The van der Waals surface area contributed by atoms with Crippen molar-refractivity contribution in [3.63, 3.8) is 0 Å².